The molecule has 0 amide bonds. The van der Waals surface area contributed by atoms with Crippen molar-refractivity contribution in [3.8, 4) is 0 Å². The van der Waals surface area contributed by atoms with Crippen LogP contribution >= 0.6 is 11.3 Å². The van der Waals surface area contributed by atoms with Gasteiger partial charge in [-0.05, 0) is 6.92 Å². The van der Waals surface area contributed by atoms with Gasteiger partial charge >= 0.3 is 5.97 Å². The number of hydrogen-bond acceptors (Lipinski definition) is 8. The molecule has 0 spiro atoms. The maximum atomic E-state index is 11.5. The summed E-state index contributed by atoms with van der Waals surface area (Å²) in [4.78, 5) is 22.3. The molecule has 8 nitrogen and oxygen atoms in total. The summed E-state index contributed by atoms with van der Waals surface area (Å²) in [5.74, 6) is 0.348. The molecule has 1 atom stereocenters. The Morgan fingerprint density at radius 1 is 1.62 bits per heavy atom. The lowest BCUT2D eigenvalue weighted by Crippen LogP contribution is -2.52. The minimum Gasteiger partial charge on any atom is -0.494 e. The molecule has 1 saturated heterocycles. The molecule has 2 aliphatic rings. The summed E-state index contributed by atoms with van der Waals surface area (Å²) < 4.78 is 10.9. The van der Waals surface area contributed by atoms with Crippen molar-refractivity contribution in [2.75, 3.05) is 39.5 Å². The zero-order valence-corrected chi connectivity index (χ0v) is 15.4. The van der Waals surface area contributed by atoms with Crippen molar-refractivity contribution in [3.63, 3.8) is 0 Å². The third-order valence-corrected chi connectivity index (χ3v) is 4.98. The third-order valence-electron chi connectivity index (χ3n) is 4.20. The zero-order chi connectivity index (χ0) is 18.5. The van der Waals surface area contributed by atoms with Crippen molar-refractivity contribution in [1.29, 1.82) is 0 Å². The number of morpholine rings is 1. The summed E-state index contributed by atoms with van der Waals surface area (Å²) in [6, 6.07) is -0.679. The summed E-state index contributed by atoms with van der Waals surface area (Å²) in [5, 5.41) is 15.5. The second kappa shape index (κ2) is 8.43. The molecule has 0 saturated carbocycles. The standard InChI is InChI=1S/C17H22N4O4S/c1-3-25-11(2)12-8-19-15(16-18-4-7-26-16)20-13(12)9-21-5-6-24-10-14(21)17(22)23/h4,7,14H,2-3,5-6,8-10H2,1H3,(H,19,20)(H,22,23). The molecule has 3 heterocycles. The van der Waals surface area contributed by atoms with Crippen LogP contribution in [0.15, 0.2) is 40.2 Å². The zero-order valence-electron chi connectivity index (χ0n) is 14.6. The topological polar surface area (TPSA) is 96.3 Å². The molecule has 1 aromatic heterocycles. The highest BCUT2D eigenvalue weighted by molar-refractivity contribution is 7.11. The summed E-state index contributed by atoms with van der Waals surface area (Å²) in [5.41, 5.74) is 1.69. The highest BCUT2D eigenvalue weighted by Gasteiger charge is 2.31. The smallest absolute Gasteiger partial charge is 0.323 e. The van der Waals surface area contributed by atoms with Crippen molar-refractivity contribution in [1.82, 2.24) is 15.2 Å². The molecule has 1 unspecified atom stereocenters. The van der Waals surface area contributed by atoms with Gasteiger partial charge in [0.05, 0.1) is 26.4 Å². The number of ether oxygens (including phenoxy) is 2. The Morgan fingerprint density at radius 3 is 3.15 bits per heavy atom. The normalized spacial score (nSPS) is 21.1. The van der Waals surface area contributed by atoms with Crippen LogP contribution in [0.5, 0.6) is 0 Å². The minimum atomic E-state index is -0.889. The fourth-order valence-electron chi connectivity index (χ4n) is 2.88. The first-order chi connectivity index (χ1) is 12.6. The first kappa shape index (κ1) is 18.6. The van der Waals surface area contributed by atoms with E-state index in [1.54, 1.807) is 6.20 Å². The molecule has 1 fully saturated rings. The van der Waals surface area contributed by atoms with E-state index in [0.717, 1.165) is 16.3 Å². The largest absolute Gasteiger partial charge is 0.494 e. The fourth-order valence-corrected chi connectivity index (χ4v) is 3.48. The van der Waals surface area contributed by atoms with Crippen LogP contribution in [0.1, 0.15) is 11.9 Å². The third kappa shape index (κ3) is 4.12. The first-order valence-corrected chi connectivity index (χ1v) is 9.28. The monoisotopic (exact) mass is 378 g/mol. The van der Waals surface area contributed by atoms with Crippen molar-refractivity contribution in [2.24, 2.45) is 4.99 Å². The summed E-state index contributed by atoms with van der Waals surface area (Å²) in [6.07, 6.45) is 1.73. The number of carboxylic acid groups (broad SMARTS) is 1. The SMILES string of the molecule is C=C(OCC)C1=C(CN2CCOCC2C(=O)O)NC(c2nccs2)=NC1. The van der Waals surface area contributed by atoms with Crippen molar-refractivity contribution in [3.05, 3.63) is 40.2 Å². The Balaban J connectivity index is 1.84. The van der Waals surface area contributed by atoms with Crippen LogP contribution in [0.3, 0.4) is 0 Å². The number of nitrogens with zero attached hydrogens (tertiary/aromatic N) is 3. The molecule has 26 heavy (non-hydrogen) atoms. The molecular formula is C17H22N4O4S. The van der Waals surface area contributed by atoms with E-state index >= 15 is 0 Å². The van der Waals surface area contributed by atoms with E-state index in [4.69, 9.17) is 9.47 Å². The van der Waals surface area contributed by atoms with E-state index in [2.05, 4.69) is 21.9 Å². The van der Waals surface area contributed by atoms with Crippen LogP contribution in [0.25, 0.3) is 0 Å². The van der Waals surface area contributed by atoms with Crippen LogP contribution < -0.4 is 5.32 Å². The molecule has 3 rings (SSSR count). The Bertz CT molecular complexity index is 729. The Labute approximate surface area is 155 Å². The lowest BCUT2D eigenvalue weighted by atomic mass is 10.1. The average Bonchev–Trinajstić information content (AvgIpc) is 3.17. The van der Waals surface area contributed by atoms with Gasteiger partial charge in [-0.3, -0.25) is 14.7 Å². The number of carboxylic acids is 1. The number of aromatic nitrogens is 1. The Hall–Kier alpha value is -2.23. The van der Waals surface area contributed by atoms with Crippen LogP contribution in [-0.4, -0.2) is 72.3 Å². The summed E-state index contributed by atoms with van der Waals surface area (Å²) in [7, 11) is 0. The minimum absolute atomic E-state index is 0.178. The first-order valence-electron chi connectivity index (χ1n) is 8.40. The van der Waals surface area contributed by atoms with E-state index in [0.29, 0.717) is 44.4 Å². The van der Waals surface area contributed by atoms with Gasteiger partial charge in [-0.2, -0.15) is 0 Å². The molecule has 0 bridgehead atoms. The number of carbonyl (C=O) groups is 1. The number of rotatable bonds is 7. The molecular weight excluding hydrogens is 356 g/mol. The molecule has 2 N–H and O–H groups in total. The second-order valence-corrected chi connectivity index (χ2v) is 6.73. The lowest BCUT2D eigenvalue weighted by Gasteiger charge is -2.35. The van der Waals surface area contributed by atoms with Gasteiger partial charge in [0.1, 0.15) is 11.8 Å². The number of amidine groups is 1. The number of aliphatic carboxylic acids is 1. The van der Waals surface area contributed by atoms with Crippen LogP contribution in [-0.2, 0) is 14.3 Å². The predicted molar refractivity (Wildman–Crippen MR) is 98.3 cm³/mol. The molecule has 0 radical (unpaired) electrons. The van der Waals surface area contributed by atoms with E-state index in [-0.39, 0.29) is 6.61 Å². The fraction of sp³-hybridized carbons (Fsp3) is 0.471. The number of aliphatic imine (C=N–C) groups is 1. The van der Waals surface area contributed by atoms with Gasteiger partial charge in [-0.15, -0.1) is 11.3 Å². The summed E-state index contributed by atoms with van der Waals surface area (Å²) in [6.45, 7) is 8.46. The van der Waals surface area contributed by atoms with Gasteiger partial charge in [0.25, 0.3) is 0 Å². The van der Waals surface area contributed by atoms with E-state index in [9.17, 15) is 9.90 Å². The molecule has 1 aromatic rings. The van der Waals surface area contributed by atoms with E-state index < -0.39 is 12.0 Å². The van der Waals surface area contributed by atoms with Crippen LogP contribution in [0.2, 0.25) is 0 Å². The van der Waals surface area contributed by atoms with Crippen molar-refractivity contribution in [2.45, 2.75) is 13.0 Å². The van der Waals surface area contributed by atoms with Gasteiger partial charge < -0.3 is 19.9 Å². The molecule has 0 aliphatic carbocycles. The lowest BCUT2D eigenvalue weighted by molar-refractivity contribution is -0.149. The predicted octanol–water partition coefficient (Wildman–Crippen LogP) is 1.08. The van der Waals surface area contributed by atoms with Crippen LogP contribution in [0.4, 0.5) is 0 Å². The number of nitrogens with one attached hydrogen (secondary N) is 1. The van der Waals surface area contributed by atoms with Gasteiger partial charge in [0.15, 0.2) is 10.8 Å². The second-order valence-electron chi connectivity index (χ2n) is 5.84. The maximum absolute atomic E-state index is 11.5. The Morgan fingerprint density at radius 2 is 2.46 bits per heavy atom. The molecule has 140 valence electrons. The van der Waals surface area contributed by atoms with Gasteiger partial charge in [-0.25, -0.2) is 4.98 Å². The highest BCUT2D eigenvalue weighted by Crippen LogP contribution is 2.21. The summed E-state index contributed by atoms with van der Waals surface area (Å²) >= 11 is 1.49. The van der Waals surface area contributed by atoms with E-state index in [1.165, 1.54) is 11.3 Å². The highest BCUT2D eigenvalue weighted by atomic mass is 32.1. The van der Waals surface area contributed by atoms with Gasteiger partial charge in [0.2, 0.25) is 0 Å². The quantitative estimate of drug-likeness (QED) is 0.686. The van der Waals surface area contributed by atoms with Crippen molar-refractivity contribution >= 4 is 23.1 Å². The number of thiazole rings is 1. The van der Waals surface area contributed by atoms with Crippen LogP contribution in [0, 0.1) is 0 Å². The molecule has 2 aliphatic heterocycles. The number of hydrogen-bond donors (Lipinski definition) is 2. The molecule has 9 heteroatoms. The van der Waals surface area contributed by atoms with E-state index in [1.807, 2.05) is 17.2 Å². The van der Waals surface area contributed by atoms with Crippen molar-refractivity contribution < 1.29 is 19.4 Å². The van der Waals surface area contributed by atoms with Gasteiger partial charge in [0, 0.05) is 35.9 Å². The molecule has 0 aromatic carbocycles. The van der Waals surface area contributed by atoms with Gasteiger partial charge in [-0.1, -0.05) is 6.58 Å². The maximum Gasteiger partial charge on any atom is 0.323 e. The average molecular weight is 378 g/mol. The Kier molecular flexibility index (Phi) is 6.02.